The maximum Gasteiger partial charge on any atom is 0.328 e. The van der Waals surface area contributed by atoms with Gasteiger partial charge in [0, 0.05) is 13.0 Å². The number of hydrogen-bond acceptors (Lipinski definition) is 5. The number of carbonyl (C=O) groups is 3. The summed E-state index contributed by atoms with van der Waals surface area (Å²) in [6, 6.07) is 0.107. The number of carbonyl (C=O) groups excluding carboxylic acids is 2. The molecule has 4 N–H and O–H groups in total. The summed E-state index contributed by atoms with van der Waals surface area (Å²) in [4.78, 5) is 33.7. The number of furan rings is 1. The minimum atomic E-state index is -1.37. The van der Waals surface area contributed by atoms with Crippen LogP contribution in [0.15, 0.2) is 23.0 Å². The van der Waals surface area contributed by atoms with Crippen molar-refractivity contribution in [2.75, 3.05) is 6.54 Å². The average molecular weight is 284 g/mol. The number of hydrogen-bond donors (Lipinski definition) is 4. The van der Waals surface area contributed by atoms with Gasteiger partial charge in [-0.2, -0.15) is 0 Å². The fourth-order valence-corrected chi connectivity index (χ4v) is 1.42. The van der Waals surface area contributed by atoms with Gasteiger partial charge in [-0.1, -0.05) is 0 Å². The van der Waals surface area contributed by atoms with Crippen molar-refractivity contribution in [3.05, 3.63) is 24.2 Å². The molecule has 0 aliphatic heterocycles. The molecule has 0 aromatic carbocycles. The third kappa shape index (κ3) is 4.73. The zero-order valence-electron chi connectivity index (χ0n) is 10.8. The predicted octanol–water partition coefficient (Wildman–Crippen LogP) is -0.650. The van der Waals surface area contributed by atoms with Crippen LogP contribution in [0, 0.1) is 0 Å². The van der Waals surface area contributed by atoms with Crippen LogP contribution in [0.2, 0.25) is 0 Å². The van der Waals surface area contributed by atoms with Gasteiger partial charge in [-0.3, -0.25) is 9.59 Å². The number of carboxylic acid groups (broad SMARTS) is 1. The summed E-state index contributed by atoms with van der Waals surface area (Å²) in [7, 11) is 0. The molecule has 1 aromatic heterocycles. The van der Waals surface area contributed by atoms with E-state index in [1.807, 2.05) is 0 Å². The summed E-state index contributed by atoms with van der Waals surface area (Å²) < 4.78 is 4.74. The topological polar surface area (TPSA) is 129 Å². The number of aliphatic carboxylic acids is 1. The largest absolute Gasteiger partial charge is 0.480 e. The number of rotatable bonds is 7. The number of amides is 2. The second-order valence-electron chi connectivity index (χ2n) is 4.14. The molecule has 0 saturated carbocycles. The minimum Gasteiger partial charge on any atom is -0.480 e. The maximum atomic E-state index is 11.5. The van der Waals surface area contributed by atoms with Crippen LogP contribution in [0.1, 0.15) is 23.7 Å². The molecule has 0 radical (unpaired) electrons. The van der Waals surface area contributed by atoms with Crippen molar-refractivity contribution in [2.45, 2.75) is 25.5 Å². The van der Waals surface area contributed by atoms with Crippen LogP contribution < -0.4 is 10.6 Å². The van der Waals surface area contributed by atoms with E-state index in [0.717, 1.165) is 0 Å². The number of aliphatic hydroxyl groups excluding tert-OH is 1. The van der Waals surface area contributed by atoms with Crippen molar-refractivity contribution in [1.29, 1.82) is 0 Å². The molecule has 20 heavy (non-hydrogen) atoms. The quantitative estimate of drug-likeness (QED) is 0.526. The highest BCUT2D eigenvalue weighted by Gasteiger charge is 2.24. The first kappa shape index (κ1) is 15.7. The van der Waals surface area contributed by atoms with Crippen molar-refractivity contribution >= 4 is 17.8 Å². The molecule has 1 rings (SSSR count). The van der Waals surface area contributed by atoms with Gasteiger partial charge in [-0.05, 0) is 13.0 Å². The molecule has 1 heterocycles. The molecule has 2 amide bonds. The van der Waals surface area contributed by atoms with E-state index in [9.17, 15) is 19.5 Å². The van der Waals surface area contributed by atoms with E-state index in [2.05, 4.69) is 10.6 Å². The van der Waals surface area contributed by atoms with Crippen LogP contribution in [0.3, 0.4) is 0 Å². The second kappa shape index (κ2) is 7.29. The summed E-state index contributed by atoms with van der Waals surface area (Å²) in [5, 5.41) is 22.6. The highest BCUT2D eigenvalue weighted by atomic mass is 16.4. The molecule has 110 valence electrons. The molecule has 1 aromatic rings. The van der Waals surface area contributed by atoms with Gasteiger partial charge in [0.15, 0.2) is 6.04 Å². The van der Waals surface area contributed by atoms with E-state index in [0.29, 0.717) is 5.56 Å². The number of aliphatic hydroxyl groups is 1. The van der Waals surface area contributed by atoms with Crippen molar-refractivity contribution in [3.63, 3.8) is 0 Å². The molecule has 2 unspecified atom stereocenters. The highest BCUT2D eigenvalue weighted by Crippen LogP contribution is 1.99. The Morgan fingerprint density at radius 2 is 2.10 bits per heavy atom. The molecular weight excluding hydrogens is 268 g/mol. The predicted molar refractivity (Wildman–Crippen MR) is 66.9 cm³/mol. The maximum absolute atomic E-state index is 11.5. The van der Waals surface area contributed by atoms with E-state index >= 15 is 0 Å². The smallest absolute Gasteiger partial charge is 0.328 e. The lowest BCUT2D eigenvalue weighted by Gasteiger charge is -2.16. The van der Waals surface area contributed by atoms with Crippen LogP contribution in [0.5, 0.6) is 0 Å². The molecule has 0 bridgehead atoms. The van der Waals surface area contributed by atoms with Gasteiger partial charge in [0.05, 0.1) is 17.9 Å². The Labute approximate surface area is 114 Å². The van der Waals surface area contributed by atoms with Crippen molar-refractivity contribution in [3.8, 4) is 0 Å². The molecule has 2 atom stereocenters. The first-order chi connectivity index (χ1) is 9.41. The summed E-state index contributed by atoms with van der Waals surface area (Å²) in [5.41, 5.74) is 0.331. The Morgan fingerprint density at radius 1 is 1.40 bits per heavy atom. The standard InChI is InChI=1S/C12H16N2O6/c1-7(15)10(12(18)19)14-9(16)2-4-13-11(17)8-3-5-20-6-8/h3,5-7,10,15H,2,4H2,1H3,(H,13,17)(H,14,16)(H,18,19). The van der Waals surface area contributed by atoms with E-state index in [4.69, 9.17) is 9.52 Å². The highest BCUT2D eigenvalue weighted by molar-refractivity contribution is 5.94. The third-order valence-electron chi connectivity index (χ3n) is 2.49. The van der Waals surface area contributed by atoms with Crippen molar-refractivity contribution in [2.24, 2.45) is 0 Å². The third-order valence-corrected chi connectivity index (χ3v) is 2.49. The second-order valence-corrected chi connectivity index (χ2v) is 4.14. The Bertz CT molecular complexity index is 468. The zero-order valence-corrected chi connectivity index (χ0v) is 10.8. The van der Waals surface area contributed by atoms with Gasteiger partial charge < -0.3 is 25.3 Å². The molecule has 0 spiro atoms. The van der Waals surface area contributed by atoms with E-state index in [1.54, 1.807) is 0 Å². The summed E-state index contributed by atoms with van der Waals surface area (Å²) in [6.45, 7) is 1.31. The molecule has 0 fully saturated rings. The lowest BCUT2D eigenvalue weighted by molar-refractivity contribution is -0.144. The van der Waals surface area contributed by atoms with Gasteiger partial charge in [0.25, 0.3) is 5.91 Å². The Kier molecular flexibility index (Phi) is 5.73. The molecule has 0 aliphatic carbocycles. The van der Waals surface area contributed by atoms with Crippen LogP contribution in [0.25, 0.3) is 0 Å². The van der Waals surface area contributed by atoms with Gasteiger partial charge in [-0.15, -0.1) is 0 Å². The molecule has 0 saturated heterocycles. The Balaban J connectivity index is 2.33. The summed E-state index contributed by atoms with van der Waals surface area (Å²) in [5.74, 6) is -2.29. The van der Waals surface area contributed by atoms with Crippen LogP contribution in [-0.2, 0) is 9.59 Å². The van der Waals surface area contributed by atoms with Gasteiger partial charge in [0.1, 0.15) is 6.26 Å². The van der Waals surface area contributed by atoms with Crippen LogP contribution in [0.4, 0.5) is 0 Å². The van der Waals surface area contributed by atoms with Gasteiger partial charge in [0.2, 0.25) is 5.91 Å². The van der Waals surface area contributed by atoms with Crippen LogP contribution >= 0.6 is 0 Å². The van der Waals surface area contributed by atoms with Crippen LogP contribution in [-0.4, -0.2) is 46.7 Å². The van der Waals surface area contributed by atoms with E-state index in [1.165, 1.54) is 25.5 Å². The molecular formula is C12H16N2O6. The van der Waals surface area contributed by atoms with Gasteiger partial charge >= 0.3 is 5.97 Å². The minimum absolute atomic E-state index is 0.0436. The zero-order chi connectivity index (χ0) is 15.1. The normalized spacial score (nSPS) is 13.3. The van der Waals surface area contributed by atoms with E-state index < -0.39 is 29.9 Å². The summed E-state index contributed by atoms with van der Waals surface area (Å²) in [6.07, 6.45) is 1.31. The Hall–Kier alpha value is -2.35. The lowest BCUT2D eigenvalue weighted by Crippen LogP contribution is -2.48. The molecule has 8 heteroatoms. The average Bonchev–Trinajstić information content (AvgIpc) is 2.88. The first-order valence-electron chi connectivity index (χ1n) is 5.92. The Morgan fingerprint density at radius 3 is 2.60 bits per heavy atom. The van der Waals surface area contributed by atoms with Crippen molar-refractivity contribution in [1.82, 2.24) is 10.6 Å². The van der Waals surface area contributed by atoms with Gasteiger partial charge in [-0.25, -0.2) is 4.79 Å². The first-order valence-corrected chi connectivity index (χ1v) is 5.92. The molecule has 8 nitrogen and oxygen atoms in total. The number of carboxylic acids is 1. The fourth-order valence-electron chi connectivity index (χ4n) is 1.42. The lowest BCUT2D eigenvalue weighted by atomic mass is 10.2. The summed E-state index contributed by atoms with van der Waals surface area (Å²) >= 11 is 0. The monoisotopic (exact) mass is 284 g/mol. The van der Waals surface area contributed by atoms with E-state index in [-0.39, 0.29) is 13.0 Å². The molecule has 0 aliphatic rings. The number of nitrogens with one attached hydrogen (secondary N) is 2. The fraction of sp³-hybridized carbons (Fsp3) is 0.417. The van der Waals surface area contributed by atoms with Crippen molar-refractivity contribution < 1.29 is 29.0 Å². The SMILES string of the molecule is CC(O)C(NC(=O)CCNC(=O)c1ccoc1)C(=O)O.